The molecule has 2 N–H and O–H groups in total. The fourth-order valence-corrected chi connectivity index (χ4v) is 4.52. The van der Waals surface area contributed by atoms with E-state index in [1.165, 1.54) is 0 Å². The summed E-state index contributed by atoms with van der Waals surface area (Å²) in [6.45, 7) is 3.48. The van der Waals surface area contributed by atoms with Crippen LogP contribution in [0.25, 0.3) is 11.3 Å². The van der Waals surface area contributed by atoms with Gasteiger partial charge in [0, 0.05) is 46.7 Å². The summed E-state index contributed by atoms with van der Waals surface area (Å²) in [7, 11) is 1.61. The first-order valence-electron chi connectivity index (χ1n) is 12.8. The number of hydrogen-bond donors (Lipinski definition) is 2. The van der Waals surface area contributed by atoms with Crippen molar-refractivity contribution in [3.05, 3.63) is 106 Å². The van der Waals surface area contributed by atoms with E-state index in [0.717, 1.165) is 28.1 Å². The van der Waals surface area contributed by atoms with Crippen LogP contribution >= 0.6 is 0 Å². The Hall–Kier alpha value is -4.22. The molecule has 2 aromatic heterocycles. The lowest BCUT2D eigenvalue weighted by Crippen LogP contribution is -2.60. The molecule has 0 unspecified atom stereocenters. The first-order chi connectivity index (χ1) is 18.7. The summed E-state index contributed by atoms with van der Waals surface area (Å²) in [4.78, 5) is 26.0. The van der Waals surface area contributed by atoms with Gasteiger partial charge in [0.05, 0.1) is 12.7 Å². The lowest BCUT2D eigenvalue weighted by Gasteiger charge is -2.52. The largest absolute Gasteiger partial charge is 0.633 e. The summed E-state index contributed by atoms with van der Waals surface area (Å²) in [5.74, 6) is 0.180. The van der Waals surface area contributed by atoms with Crippen molar-refractivity contribution in [2.75, 3.05) is 43.9 Å². The molecule has 1 saturated heterocycles. The van der Waals surface area contributed by atoms with E-state index < -0.39 is 4.65 Å². The highest BCUT2D eigenvalue weighted by atomic mass is 16.6. The molecule has 1 aliphatic rings. The fraction of sp³-hybridized carbons (Fsp3) is 0.241. The van der Waals surface area contributed by atoms with E-state index >= 15 is 0 Å². The number of piperazine rings is 1. The molecule has 2 aromatic carbocycles. The van der Waals surface area contributed by atoms with Crippen LogP contribution < -0.4 is 10.6 Å². The summed E-state index contributed by atoms with van der Waals surface area (Å²) in [6, 6.07) is 18.3. The predicted molar refractivity (Wildman–Crippen MR) is 150 cm³/mol. The molecule has 0 aliphatic carbocycles. The number of likely N-dealkylation sites (N-methyl/N-ethyl adjacent to an activating group) is 1. The average molecular weight is 526 g/mol. The normalized spacial score (nSPS) is 20.8. The Morgan fingerprint density at radius 2 is 1.74 bits per heavy atom. The maximum Gasteiger partial charge on any atom is 0.255 e. The minimum atomic E-state index is -0.407. The zero-order valence-corrected chi connectivity index (χ0v) is 22.0. The van der Waals surface area contributed by atoms with Gasteiger partial charge in [0.1, 0.15) is 32.7 Å². The Balaban J connectivity index is 1.24. The number of aryl methyl sites for hydroxylation is 1. The van der Waals surface area contributed by atoms with Gasteiger partial charge in [0.25, 0.3) is 5.91 Å². The molecule has 39 heavy (non-hydrogen) atoms. The molecule has 1 amide bonds. The number of nitrogens with one attached hydrogen (secondary N) is 2. The number of aromatic nitrogens is 3. The van der Waals surface area contributed by atoms with Crippen molar-refractivity contribution in [2.45, 2.75) is 13.5 Å². The molecule has 10 nitrogen and oxygen atoms in total. The molecule has 4 aromatic rings. The lowest BCUT2D eigenvalue weighted by atomic mass is 10.1. The number of carbonyl (C=O) groups excluding carboxylic acids is 1. The van der Waals surface area contributed by atoms with Crippen LogP contribution in [0.15, 0.2) is 79.3 Å². The van der Waals surface area contributed by atoms with Gasteiger partial charge in [-0.15, -0.1) is 0 Å². The molecular weight excluding hydrogens is 494 g/mol. The van der Waals surface area contributed by atoms with Crippen molar-refractivity contribution in [1.29, 1.82) is 0 Å². The molecule has 0 bridgehead atoms. The molecule has 5 rings (SSSR count). The topological polar surface area (TPSA) is 126 Å². The van der Waals surface area contributed by atoms with Crippen molar-refractivity contribution < 1.29 is 14.1 Å². The Kier molecular flexibility index (Phi) is 7.36. The third kappa shape index (κ3) is 6.62. The van der Waals surface area contributed by atoms with Crippen molar-refractivity contribution >= 4 is 23.2 Å². The summed E-state index contributed by atoms with van der Waals surface area (Å²) >= 11 is 0. The van der Waals surface area contributed by atoms with E-state index in [2.05, 4.69) is 25.6 Å². The first-order valence-corrected chi connectivity index (χ1v) is 12.8. The van der Waals surface area contributed by atoms with E-state index in [0.29, 0.717) is 49.9 Å². The molecule has 0 radical (unpaired) electrons. The van der Waals surface area contributed by atoms with Gasteiger partial charge in [-0.2, -0.15) is 0 Å². The highest BCUT2D eigenvalue weighted by molar-refractivity contribution is 6.04. The zero-order valence-electron chi connectivity index (χ0n) is 22.0. The number of hydroxylamine groups is 6. The van der Waals surface area contributed by atoms with E-state index in [1.807, 2.05) is 43.3 Å². The van der Waals surface area contributed by atoms with Crippen LogP contribution in [-0.2, 0) is 6.54 Å². The Morgan fingerprint density at radius 3 is 2.46 bits per heavy atom. The molecular formula is C29H31N7O3. The van der Waals surface area contributed by atoms with E-state index in [9.17, 15) is 15.2 Å². The van der Waals surface area contributed by atoms with Gasteiger partial charge in [-0.05, 0) is 55.0 Å². The maximum absolute atomic E-state index is 13.0. The van der Waals surface area contributed by atoms with E-state index in [1.54, 1.807) is 49.9 Å². The zero-order chi connectivity index (χ0) is 27.5. The van der Waals surface area contributed by atoms with Crippen molar-refractivity contribution in [3.63, 3.8) is 0 Å². The van der Waals surface area contributed by atoms with Crippen LogP contribution in [0, 0.1) is 17.3 Å². The van der Waals surface area contributed by atoms with Gasteiger partial charge < -0.3 is 30.3 Å². The molecule has 1 aliphatic heterocycles. The summed E-state index contributed by atoms with van der Waals surface area (Å²) < 4.78 is -0.766. The number of anilines is 3. The van der Waals surface area contributed by atoms with E-state index in [-0.39, 0.29) is 10.6 Å². The third-order valence-corrected chi connectivity index (χ3v) is 7.00. The number of pyridine rings is 1. The van der Waals surface area contributed by atoms with Gasteiger partial charge >= 0.3 is 0 Å². The van der Waals surface area contributed by atoms with Crippen molar-refractivity contribution in [1.82, 2.24) is 15.0 Å². The Bertz CT molecular complexity index is 1450. The monoisotopic (exact) mass is 525 g/mol. The Labute approximate surface area is 227 Å². The second-order valence-corrected chi connectivity index (χ2v) is 10.2. The molecule has 1 fully saturated rings. The molecule has 200 valence electrons. The van der Waals surface area contributed by atoms with Crippen LogP contribution in [-0.4, -0.2) is 63.4 Å². The quantitative estimate of drug-likeness (QED) is 0.266. The summed E-state index contributed by atoms with van der Waals surface area (Å²) in [5, 5.41) is 31.3. The van der Waals surface area contributed by atoms with Gasteiger partial charge in [-0.1, -0.05) is 18.2 Å². The SMILES string of the molecule is Cc1ccc(NC(=O)c2ccc(C[N+]3([O-])CC[N+](C)([O-])CC3)cc2)cc1Nc1nccc(-c2cccnc2)n1. The lowest BCUT2D eigenvalue weighted by molar-refractivity contribution is -0.987. The maximum atomic E-state index is 13.0. The number of nitrogens with zero attached hydrogens (tertiary/aromatic N) is 5. The smallest absolute Gasteiger partial charge is 0.255 e. The predicted octanol–water partition coefficient (Wildman–Crippen LogP) is 4.62. The van der Waals surface area contributed by atoms with Crippen LogP contribution in [0.3, 0.4) is 0 Å². The van der Waals surface area contributed by atoms with Crippen molar-refractivity contribution in [2.24, 2.45) is 0 Å². The second-order valence-electron chi connectivity index (χ2n) is 10.2. The highest BCUT2D eigenvalue weighted by Gasteiger charge is 2.29. The van der Waals surface area contributed by atoms with Crippen LogP contribution in [0.2, 0.25) is 0 Å². The number of amides is 1. The molecule has 0 spiro atoms. The van der Waals surface area contributed by atoms with Gasteiger partial charge in [-0.25, -0.2) is 9.97 Å². The molecule has 10 heteroatoms. The fourth-order valence-electron chi connectivity index (χ4n) is 4.52. The first kappa shape index (κ1) is 26.4. The Morgan fingerprint density at radius 1 is 0.974 bits per heavy atom. The minimum Gasteiger partial charge on any atom is -0.633 e. The van der Waals surface area contributed by atoms with Crippen LogP contribution in [0.5, 0.6) is 0 Å². The number of carbonyl (C=O) groups is 1. The summed E-state index contributed by atoms with van der Waals surface area (Å²) in [6.07, 6.45) is 5.14. The van der Waals surface area contributed by atoms with Crippen molar-refractivity contribution in [3.8, 4) is 11.3 Å². The average Bonchev–Trinajstić information content (AvgIpc) is 2.94. The number of hydrogen-bond acceptors (Lipinski definition) is 7. The number of benzene rings is 2. The molecule has 3 heterocycles. The molecule has 0 saturated carbocycles. The number of rotatable bonds is 7. The van der Waals surface area contributed by atoms with Crippen LogP contribution in [0.4, 0.5) is 17.3 Å². The second kappa shape index (κ2) is 10.9. The summed E-state index contributed by atoms with van der Waals surface area (Å²) in [5.41, 5.74) is 5.33. The standard InChI is InChI=1S/C29H31N7O3/c1-21-5-10-25(18-27(21)34-29-31-13-11-26(33-29)24-4-3-12-30-19-24)32-28(37)23-8-6-22(7-9-23)20-36(39)16-14-35(2,38)15-17-36/h3-13,18-19H,14-17,20H2,1-2H3,(H,32,37)(H,31,33,34). The van der Waals surface area contributed by atoms with Crippen LogP contribution in [0.1, 0.15) is 21.5 Å². The number of quaternary nitrogens is 2. The third-order valence-electron chi connectivity index (χ3n) is 7.00. The van der Waals surface area contributed by atoms with Gasteiger partial charge in [0.15, 0.2) is 0 Å². The highest BCUT2D eigenvalue weighted by Crippen LogP contribution is 2.25. The minimum absolute atomic E-state index is 0.255. The molecule has 0 atom stereocenters. The van der Waals surface area contributed by atoms with Gasteiger partial charge in [-0.3, -0.25) is 9.78 Å². The van der Waals surface area contributed by atoms with E-state index in [4.69, 9.17) is 0 Å². The van der Waals surface area contributed by atoms with Gasteiger partial charge in [0.2, 0.25) is 5.95 Å².